The largest absolute Gasteiger partial charge is 0.475 e. The van der Waals surface area contributed by atoms with E-state index in [1.807, 2.05) is 0 Å². The number of hydrogen-bond donors (Lipinski definition) is 3. The fourth-order valence-corrected chi connectivity index (χ4v) is 2.38. The van der Waals surface area contributed by atoms with Gasteiger partial charge in [-0.25, -0.2) is 0 Å². The Morgan fingerprint density at radius 1 is 1.44 bits per heavy atom. The van der Waals surface area contributed by atoms with E-state index >= 15 is 0 Å². The molecule has 2 rings (SSSR count). The molecule has 0 bridgehead atoms. The number of amides is 2. The minimum atomic E-state index is -1.50. The van der Waals surface area contributed by atoms with Crippen molar-refractivity contribution >= 4 is 18.9 Å². The summed E-state index contributed by atoms with van der Waals surface area (Å²) in [5.41, 5.74) is 0. The van der Waals surface area contributed by atoms with Crippen LogP contribution in [-0.2, 0) is 9.59 Å². The van der Waals surface area contributed by atoms with E-state index in [-0.39, 0.29) is 11.8 Å². The van der Waals surface area contributed by atoms with Crippen LogP contribution >= 0.6 is 0 Å². The highest BCUT2D eigenvalue weighted by atomic mass is 16.4. The molecule has 6 nitrogen and oxygen atoms in total. The Labute approximate surface area is 93.8 Å². The molecule has 0 aromatic heterocycles. The Hall–Kier alpha value is -1.08. The van der Waals surface area contributed by atoms with Crippen LogP contribution in [-0.4, -0.2) is 52.4 Å². The highest BCUT2D eigenvalue weighted by Gasteiger charge is 2.40. The summed E-state index contributed by atoms with van der Waals surface area (Å²) in [6.45, 7) is 0.535. The van der Waals surface area contributed by atoms with Gasteiger partial charge in [-0.2, -0.15) is 0 Å². The van der Waals surface area contributed by atoms with Gasteiger partial charge in [0.15, 0.2) is 0 Å². The van der Waals surface area contributed by atoms with Gasteiger partial charge >= 0.3 is 7.12 Å². The molecular weight excluding hydrogens is 211 g/mol. The molecule has 0 spiro atoms. The topological polar surface area (TPSA) is 89.9 Å². The molecule has 0 unspecified atom stereocenters. The second-order valence-corrected chi connectivity index (χ2v) is 4.31. The van der Waals surface area contributed by atoms with Gasteiger partial charge in [-0.3, -0.25) is 9.59 Å². The Morgan fingerprint density at radius 2 is 2.19 bits per heavy atom. The van der Waals surface area contributed by atoms with E-state index in [9.17, 15) is 9.59 Å². The van der Waals surface area contributed by atoms with E-state index in [2.05, 4.69) is 5.32 Å². The summed E-state index contributed by atoms with van der Waals surface area (Å²) in [5, 5.41) is 20.9. The zero-order valence-electron chi connectivity index (χ0n) is 8.93. The third kappa shape index (κ3) is 2.05. The molecule has 7 heteroatoms. The van der Waals surface area contributed by atoms with Gasteiger partial charge in [0.05, 0.1) is 5.94 Å². The highest BCUT2D eigenvalue weighted by molar-refractivity contribution is 6.43. The van der Waals surface area contributed by atoms with Gasteiger partial charge in [0.2, 0.25) is 11.8 Å². The third-order valence-electron chi connectivity index (χ3n) is 3.22. The molecule has 16 heavy (non-hydrogen) atoms. The van der Waals surface area contributed by atoms with E-state index in [0.717, 1.165) is 6.42 Å². The summed E-state index contributed by atoms with van der Waals surface area (Å²) in [7, 11) is -1.50. The first-order valence-corrected chi connectivity index (χ1v) is 5.55. The van der Waals surface area contributed by atoms with Crippen molar-refractivity contribution in [3.8, 4) is 0 Å². The molecule has 2 saturated heterocycles. The van der Waals surface area contributed by atoms with Crippen molar-refractivity contribution in [2.45, 2.75) is 37.7 Å². The van der Waals surface area contributed by atoms with Crippen molar-refractivity contribution < 1.29 is 19.6 Å². The first-order chi connectivity index (χ1) is 7.59. The van der Waals surface area contributed by atoms with E-state index in [1.165, 1.54) is 4.90 Å². The van der Waals surface area contributed by atoms with Gasteiger partial charge in [-0.05, 0) is 19.3 Å². The Morgan fingerprint density at radius 3 is 2.75 bits per heavy atom. The number of nitrogens with one attached hydrogen (secondary N) is 1. The van der Waals surface area contributed by atoms with Gasteiger partial charge in [0.1, 0.15) is 6.04 Å². The van der Waals surface area contributed by atoms with Crippen LogP contribution in [0.5, 0.6) is 0 Å². The zero-order chi connectivity index (χ0) is 11.7. The molecular formula is C9H15BN2O4. The first kappa shape index (κ1) is 11.4. The molecule has 0 saturated carbocycles. The normalized spacial score (nSPS) is 29.4. The van der Waals surface area contributed by atoms with Crippen LogP contribution in [0.15, 0.2) is 0 Å². The molecule has 0 aliphatic carbocycles. The smallest absolute Gasteiger partial charge is 0.426 e. The lowest BCUT2D eigenvalue weighted by atomic mass is 9.77. The van der Waals surface area contributed by atoms with Crippen LogP contribution in [0.25, 0.3) is 0 Å². The van der Waals surface area contributed by atoms with E-state index < -0.39 is 19.1 Å². The summed E-state index contributed by atoms with van der Waals surface area (Å²) in [6.07, 6.45) is 2.25. The molecule has 2 aliphatic heterocycles. The molecule has 2 aliphatic rings. The van der Waals surface area contributed by atoms with Gasteiger partial charge in [0.25, 0.3) is 0 Å². The second-order valence-electron chi connectivity index (χ2n) is 4.31. The van der Waals surface area contributed by atoms with Crippen molar-refractivity contribution in [1.29, 1.82) is 0 Å². The van der Waals surface area contributed by atoms with Crippen LogP contribution in [0.1, 0.15) is 25.7 Å². The van der Waals surface area contributed by atoms with Crippen LogP contribution < -0.4 is 5.32 Å². The van der Waals surface area contributed by atoms with Gasteiger partial charge in [-0.15, -0.1) is 0 Å². The number of carbonyl (C=O) groups excluding carboxylic acids is 2. The Kier molecular flexibility index (Phi) is 3.16. The van der Waals surface area contributed by atoms with E-state index in [1.54, 1.807) is 0 Å². The predicted octanol–water partition coefficient (Wildman–Crippen LogP) is -1.73. The maximum Gasteiger partial charge on any atom is 0.475 e. The van der Waals surface area contributed by atoms with Crippen LogP contribution in [0.4, 0.5) is 0 Å². The standard InChI is InChI=1S/C9H15BN2O4/c13-8-4-3-6(11-8)9(14)12-5-1-2-7(12)10(15)16/h6-7,15-16H,1-5H2,(H,11,13)/t6-,7-/m0/s1. The number of carbonyl (C=O) groups is 2. The Balaban J connectivity index is 2.01. The predicted molar refractivity (Wildman–Crippen MR) is 56.1 cm³/mol. The minimum Gasteiger partial charge on any atom is -0.426 e. The maximum atomic E-state index is 12.0. The fourth-order valence-electron chi connectivity index (χ4n) is 2.38. The SMILES string of the molecule is O=C1CC[C@@H](C(=O)N2CCC[C@H]2B(O)O)N1. The number of rotatable bonds is 2. The molecule has 2 fully saturated rings. The van der Waals surface area contributed by atoms with Gasteiger partial charge < -0.3 is 20.3 Å². The minimum absolute atomic E-state index is 0.112. The van der Waals surface area contributed by atoms with Crippen LogP contribution in [0.3, 0.4) is 0 Å². The lowest BCUT2D eigenvalue weighted by Crippen LogP contribution is -2.51. The summed E-state index contributed by atoms with van der Waals surface area (Å²) in [6, 6.07) is -0.480. The van der Waals surface area contributed by atoms with Crippen LogP contribution in [0.2, 0.25) is 0 Å². The Bertz CT molecular complexity index is 310. The average molecular weight is 226 g/mol. The zero-order valence-corrected chi connectivity index (χ0v) is 8.93. The summed E-state index contributed by atoms with van der Waals surface area (Å²) in [4.78, 5) is 24.5. The van der Waals surface area contributed by atoms with Crippen molar-refractivity contribution in [2.75, 3.05) is 6.54 Å². The molecule has 2 heterocycles. The van der Waals surface area contributed by atoms with Crippen molar-refractivity contribution in [3.63, 3.8) is 0 Å². The molecule has 0 radical (unpaired) electrons. The molecule has 2 amide bonds. The van der Waals surface area contributed by atoms with Crippen LogP contribution in [0, 0.1) is 0 Å². The number of hydrogen-bond acceptors (Lipinski definition) is 4. The molecule has 0 aromatic rings. The lowest BCUT2D eigenvalue weighted by molar-refractivity contribution is -0.134. The average Bonchev–Trinajstić information content (AvgIpc) is 2.84. The van der Waals surface area contributed by atoms with Crippen molar-refractivity contribution in [3.05, 3.63) is 0 Å². The van der Waals surface area contributed by atoms with E-state index in [4.69, 9.17) is 10.0 Å². The molecule has 0 aromatic carbocycles. The quantitative estimate of drug-likeness (QED) is 0.488. The van der Waals surface area contributed by atoms with Gasteiger partial charge in [-0.1, -0.05) is 0 Å². The van der Waals surface area contributed by atoms with E-state index in [0.29, 0.717) is 25.8 Å². The maximum absolute atomic E-state index is 12.0. The second kappa shape index (κ2) is 4.43. The number of likely N-dealkylation sites (tertiary alicyclic amines) is 1. The summed E-state index contributed by atoms with van der Waals surface area (Å²) < 4.78 is 0. The molecule has 2 atom stereocenters. The molecule has 88 valence electrons. The monoisotopic (exact) mass is 226 g/mol. The van der Waals surface area contributed by atoms with Gasteiger partial charge in [0, 0.05) is 13.0 Å². The first-order valence-electron chi connectivity index (χ1n) is 5.55. The summed E-state index contributed by atoms with van der Waals surface area (Å²) >= 11 is 0. The number of nitrogens with zero attached hydrogens (tertiary/aromatic N) is 1. The molecule has 3 N–H and O–H groups in total. The summed E-state index contributed by atoms with van der Waals surface area (Å²) in [5.74, 6) is -0.829. The third-order valence-corrected chi connectivity index (χ3v) is 3.22. The van der Waals surface area contributed by atoms with Crippen molar-refractivity contribution in [1.82, 2.24) is 10.2 Å². The highest BCUT2D eigenvalue weighted by Crippen LogP contribution is 2.21. The van der Waals surface area contributed by atoms with Crippen molar-refractivity contribution in [2.24, 2.45) is 0 Å². The lowest BCUT2D eigenvalue weighted by Gasteiger charge is -2.26. The fraction of sp³-hybridized carbons (Fsp3) is 0.778.